The van der Waals surface area contributed by atoms with Crippen molar-refractivity contribution in [3.05, 3.63) is 65.8 Å². The van der Waals surface area contributed by atoms with E-state index in [1.165, 1.54) is 11.3 Å². The van der Waals surface area contributed by atoms with Crippen molar-refractivity contribution in [2.75, 3.05) is 18.5 Å². The van der Waals surface area contributed by atoms with E-state index in [9.17, 15) is 0 Å². The Morgan fingerprint density at radius 3 is 2.69 bits per heavy atom. The second-order valence-electron chi connectivity index (χ2n) is 6.33. The standard InChI is InChI=1S/C20H21N5S/c1-2-5-16(6-3-1)14-25-11-8-18(9-12-25)23-24-20-22-19(15-26-20)17-7-4-10-21-13-17/h1-7,10,13,15H,8-9,11-12,14H2,(H,22,24). The van der Waals surface area contributed by atoms with Crippen LogP contribution >= 0.6 is 11.3 Å². The fourth-order valence-electron chi connectivity index (χ4n) is 3.02. The predicted octanol–water partition coefficient (Wildman–Crippen LogP) is 4.27. The summed E-state index contributed by atoms with van der Waals surface area (Å²) in [6.45, 7) is 3.12. The molecule has 1 fully saturated rings. The quantitative estimate of drug-likeness (QED) is 0.688. The van der Waals surface area contributed by atoms with E-state index in [1.54, 1.807) is 17.5 Å². The summed E-state index contributed by atoms with van der Waals surface area (Å²) in [5.41, 5.74) is 7.67. The molecule has 5 nitrogen and oxygen atoms in total. The van der Waals surface area contributed by atoms with Crippen LogP contribution in [0.2, 0.25) is 0 Å². The maximum absolute atomic E-state index is 4.59. The first kappa shape index (κ1) is 16.9. The van der Waals surface area contributed by atoms with Crippen LogP contribution in [-0.4, -0.2) is 33.7 Å². The number of hydrogen-bond donors (Lipinski definition) is 1. The number of nitrogens with one attached hydrogen (secondary N) is 1. The maximum atomic E-state index is 4.59. The van der Waals surface area contributed by atoms with Crippen LogP contribution in [0.25, 0.3) is 11.3 Å². The van der Waals surface area contributed by atoms with Gasteiger partial charge in [-0.25, -0.2) is 4.98 Å². The van der Waals surface area contributed by atoms with Gasteiger partial charge >= 0.3 is 0 Å². The normalized spacial score (nSPS) is 15.0. The molecule has 4 rings (SSSR count). The third-order valence-corrected chi connectivity index (χ3v) is 5.20. The molecule has 0 unspecified atom stereocenters. The molecule has 132 valence electrons. The summed E-state index contributed by atoms with van der Waals surface area (Å²) in [5, 5.41) is 7.43. The number of piperidine rings is 1. The molecule has 0 spiro atoms. The van der Waals surface area contributed by atoms with E-state index in [2.05, 4.69) is 55.7 Å². The van der Waals surface area contributed by atoms with Crippen LogP contribution < -0.4 is 5.43 Å². The van der Waals surface area contributed by atoms with Gasteiger partial charge in [0.15, 0.2) is 0 Å². The molecule has 26 heavy (non-hydrogen) atoms. The highest BCUT2D eigenvalue weighted by atomic mass is 32.1. The minimum atomic E-state index is 0.822. The fourth-order valence-corrected chi connectivity index (χ4v) is 3.68. The molecule has 0 atom stereocenters. The number of hydrazone groups is 1. The minimum Gasteiger partial charge on any atom is -0.298 e. The molecule has 0 amide bonds. The summed E-state index contributed by atoms with van der Waals surface area (Å²) >= 11 is 1.57. The van der Waals surface area contributed by atoms with Crippen molar-refractivity contribution in [1.29, 1.82) is 0 Å². The molecule has 1 saturated heterocycles. The fraction of sp³-hybridized carbons (Fsp3) is 0.250. The zero-order chi connectivity index (χ0) is 17.6. The molecule has 1 N–H and O–H groups in total. The summed E-state index contributed by atoms with van der Waals surface area (Å²) in [7, 11) is 0. The number of aromatic nitrogens is 2. The first-order valence-corrected chi connectivity index (χ1v) is 9.68. The van der Waals surface area contributed by atoms with E-state index in [-0.39, 0.29) is 0 Å². The van der Waals surface area contributed by atoms with E-state index < -0.39 is 0 Å². The number of likely N-dealkylation sites (tertiary alicyclic amines) is 1. The molecular weight excluding hydrogens is 342 g/mol. The molecule has 6 heteroatoms. The van der Waals surface area contributed by atoms with Crippen LogP contribution in [0.15, 0.2) is 65.3 Å². The first-order chi connectivity index (χ1) is 12.9. The molecular formula is C20H21N5S. The smallest absolute Gasteiger partial charge is 0.203 e. The summed E-state index contributed by atoms with van der Waals surface area (Å²) in [6, 6.07) is 14.6. The zero-order valence-corrected chi connectivity index (χ0v) is 15.3. The van der Waals surface area contributed by atoms with E-state index in [0.717, 1.165) is 48.9 Å². The van der Waals surface area contributed by atoms with Gasteiger partial charge < -0.3 is 0 Å². The van der Waals surface area contributed by atoms with Gasteiger partial charge in [0.1, 0.15) is 0 Å². The van der Waals surface area contributed by atoms with Crippen LogP contribution in [0.4, 0.5) is 5.13 Å². The monoisotopic (exact) mass is 363 g/mol. The lowest BCUT2D eigenvalue weighted by Gasteiger charge is -2.27. The van der Waals surface area contributed by atoms with Gasteiger partial charge in [0.25, 0.3) is 0 Å². The molecule has 1 aliphatic rings. The Labute approximate surface area is 157 Å². The van der Waals surface area contributed by atoms with Crippen LogP contribution in [0.1, 0.15) is 18.4 Å². The third-order valence-electron chi connectivity index (χ3n) is 4.45. The number of nitrogens with zero attached hydrogens (tertiary/aromatic N) is 4. The summed E-state index contributed by atoms with van der Waals surface area (Å²) in [6.07, 6.45) is 5.60. The van der Waals surface area contributed by atoms with Crippen LogP contribution in [0.3, 0.4) is 0 Å². The Hall–Kier alpha value is -2.57. The van der Waals surface area contributed by atoms with Crippen molar-refractivity contribution in [2.45, 2.75) is 19.4 Å². The van der Waals surface area contributed by atoms with Crippen LogP contribution in [0, 0.1) is 0 Å². The maximum Gasteiger partial charge on any atom is 0.203 e. The van der Waals surface area contributed by atoms with Gasteiger partial charge in [-0.3, -0.25) is 15.3 Å². The van der Waals surface area contributed by atoms with Crippen molar-refractivity contribution in [3.8, 4) is 11.3 Å². The molecule has 0 saturated carbocycles. The van der Waals surface area contributed by atoms with Crippen molar-refractivity contribution in [3.63, 3.8) is 0 Å². The Kier molecular flexibility index (Phi) is 5.33. The second kappa shape index (κ2) is 8.21. The van der Waals surface area contributed by atoms with E-state index in [1.807, 2.05) is 23.7 Å². The largest absolute Gasteiger partial charge is 0.298 e. The highest BCUT2D eigenvalue weighted by molar-refractivity contribution is 7.14. The molecule has 0 radical (unpaired) electrons. The van der Waals surface area contributed by atoms with Gasteiger partial charge in [-0.2, -0.15) is 5.10 Å². The molecule has 2 aromatic heterocycles. The average Bonchev–Trinajstić information content (AvgIpc) is 3.18. The molecule has 3 aromatic rings. The van der Waals surface area contributed by atoms with Crippen molar-refractivity contribution in [2.24, 2.45) is 5.10 Å². The summed E-state index contributed by atoms with van der Waals surface area (Å²) in [5.74, 6) is 0. The summed E-state index contributed by atoms with van der Waals surface area (Å²) in [4.78, 5) is 11.2. The van der Waals surface area contributed by atoms with Crippen LogP contribution in [0.5, 0.6) is 0 Å². The molecule has 1 aliphatic heterocycles. The van der Waals surface area contributed by atoms with Crippen molar-refractivity contribution in [1.82, 2.24) is 14.9 Å². The van der Waals surface area contributed by atoms with Gasteiger partial charge in [-0.15, -0.1) is 11.3 Å². The van der Waals surface area contributed by atoms with Gasteiger partial charge in [0.05, 0.1) is 5.69 Å². The van der Waals surface area contributed by atoms with E-state index in [0.29, 0.717) is 0 Å². The molecule has 3 heterocycles. The topological polar surface area (TPSA) is 53.4 Å². The lowest BCUT2D eigenvalue weighted by Crippen LogP contribution is -2.33. The number of benzene rings is 1. The third kappa shape index (κ3) is 4.33. The Morgan fingerprint density at radius 2 is 1.92 bits per heavy atom. The lowest BCUT2D eigenvalue weighted by molar-refractivity contribution is 0.266. The summed E-state index contributed by atoms with van der Waals surface area (Å²) < 4.78 is 0. The van der Waals surface area contributed by atoms with Crippen molar-refractivity contribution < 1.29 is 0 Å². The van der Waals surface area contributed by atoms with E-state index >= 15 is 0 Å². The van der Waals surface area contributed by atoms with Crippen LogP contribution in [-0.2, 0) is 6.54 Å². The molecule has 0 bridgehead atoms. The predicted molar refractivity (Wildman–Crippen MR) is 107 cm³/mol. The highest BCUT2D eigenvalue weighted by Crippen LogP contribution is 2.24. The number of anilines is 1. The molecule has 1 aromatic carbocycles. The first-order valence-electron chi connectivity index (χ1n) is 8.80. The molecule has 0 aliphatic carbocycles. The van der Waals surface area contributed by atoms with E-state index in [4.69, 9.17) is 0 Å². The zero-order valence-electron chi connectivity index (χ0n) is 14.5. The van der Waals surface area contributed by atoms with Gasteiger partial charge in [0.2, 0.25) is 5.13 Å². The lowest BCUT2D eigenvalue weighted by atomic mass is 10.1. The van der Waals surface area contributed by atoms with Gasteiger partial charge in [0, 0.05) is 61.5 Å². The number of pyridine rings is 1. The average molecular weight is 363 g/mol. The Bertz CT molecular complexity index is 850. The number of rotatable bonds is 5. The minimum absolute atomic E-state index is 0.822. The SMILES string of the molecule is c1ccc(CN2CCC(=NNc3nc(-c4cccnc4)cs3)CC2)cc1. The van der Waals surface area contributed by atoms with Gasteiger partial charge in [-0.1, -0.05) is 30.3 Å². The Balaban J connectivity index is 1.30. The number of thiazole rings is 1. The second-order valence-corrected chi connectivity index (χ2v) is 7.19. The Morgan fingerprint density at radius 1 is 1.08 bits per heavy atom. The highest BCUT2D eigenvalue weighted by Gasteiger charge is 2.15. The van der Waals surface area contributed by atoms with Crippen molar-refractivity contribution >= 4 is 22.2 Å². The number of hydrogen-bond acceptors (Lipinski definition) is 6. The van der Waals surface area contributed by atoms with Gasteiger partial charge in [-0.05, 0) is 17.7 Å².